The Morgan fingerprint density at radius 3 is 2.00 bits per heavy atom. The Bertz CT molecular complexity index is 547. The fourth-order valence-corrected chi connectivity index (χ4v) is 6.81. The Hall–Kier alpha value is -1.32. The number of amides is 2. The fourth-order valence-electron chi connectivity index (χ4n) is 6.81. The highest BCUT2D eigenvalue weighted by Crippen LogP contribution is 2.60. The van der Waals surface area contributed by atoms with Crippen molar-refractivity contribution in [3.63, 3.8) is 0 Å². The van der Waals surface area contributed by atoms with E-state index in [4.69, 9.17) is 0 Å². The SMILES string of the molecule is O=C(NNC(=O)C12CC3CC(CC(C3)C1)C2)[C@@H]1C[C@@H]2C=C[C@@H]1C2. The van der Waals surface area contributed by atoms with Gasteiger partial charge in [-0.1, -0.05) is 12.2 Å². The zero-order valence-electron chi connectivity index (χ0n) is 13.6. The fraction of sp³-hybridized carbons (Fsp3) is 0.789. The summed E-state index contributed by atoms with van der Waals surface area (Å²) in [6, 6.07) is 0. The molecule has 0 aromatic carbocycles. The number of rotatable bonds is 2. The molecule has 0 heterocycles. The summed E-state index contributed by atoms with van der Waals surface area (Å²) < 4.78 is 0. The van der Waals surface area contributed by atoms with Crippen LogP contribution in [0.15, 0.2) is 12.2 Å². The molecular formula is C19H26N2O2. The number of hydrogen-bond acceptors (Lipinski definition) is 2. The van der Waals surface area contributed by atoms with Crippen LogP contribution in [-0.2, 0) is 9.59 Å². The van der Waals surface area contributed by atoms with Crippen LogP contribution < -0.4 is 10.9 Å². The van der Waals surface area contributed by atoms with Gasteiger partial charge >= 0.3 is 0 Å². The number of hydrazine groups is 1. The van der Waals surface area contributed by atoms with Gasteiger partial charge in [0.1, 0.15) is 0 Å². The number of carbonyl (C=O) groups is 2. The average Bonchev–Trinajstić information content (AvgIpc) is 3.14. The van der Waals surface area contributed by atoms with Gasteiger partial charge in [0.05, 0.1) is 5.41 Å². The minimum atomic E-state index is -0.184. The molecule has 4 nitrogen and oxygen atoms in total. The van der Waals surface area contributed by atoms with Gasteiger partial charge < -0.3 is 0 Å². The molecule has 124 valence electrons. The Morgan fingerprint density at radius 1 is 0.826 bits per heavy atom. The highest BCUT2D eigenvalue weighted by molar-refractivity contribution is 5.87. The molecule has 0 aromatic heterocycles. The monoisotopic (exact) mass is 314 g/mol. The van der Waals surface area contributed by atoms with Crippen LogP contribution in [-0.4, -0.2) is 11.8 Å². The third-order valence-corrected chi connectivity index (χ3v) is 7.43. The molecule has 6 bridgehead atoms. The molecule has 5 fully saturated rings. The number of carbonyl (C=O) groups excluding carboxylic acids is 2. The topological polar surface area (TPSA) is 58.2 Å². The second-order valence-corrected chi connectivity index (χ2v) is 9.03. The molecule has 6 aliphatic rings. The summed E-state index contributed by atoms with van der Waals surface area (Å²) in [6.07, 6.45) is 13.6. The molecule has 0 aromatic rings. The van der Waals surface area contributed by atoms with Gasteiger partial charge in [0.25, 0.3) is 0 Å². The van der Waals surface area contributed by atoms with Gasteiger partial charge in [-0.15, -0.1) is 0 Å². The maximum atomic E-state index is 12.8. The van der Waals surface area contributed by atoms with Crippen molar-refractivity contribution in [3.05, 3.63) is 12.2 Å². The van der Waals surface area contributed by atoms with Crippen molar-refractivity contribution in [2.24, 2.45) is 40.9 Å². The summed E-state index contributed by atoms with van der Waals surface area (Å²) >= 11 is 0. The van der Waals surface area contributed by atoms with E-state index in [0.29, 0.717) is 11.8 Å². The molecule has 23 heavy (non-hydrogen) atoms. The molecule has 3 atom stereocenters. The lowest BCUT2D eigenvalue weighted by Crippen LogP contribution is -2.57. The van der Waals surface area contributed by atoms with Gasteiger partial charge in [-0.3, -0.25) is 20.4 Å². The largest absolute Gasteiger partial charge is 0.273 e. The van der Waals surface area contributed by atoms with Gasteiger partial charge in [-0.25, -0.2) is 0 Å². The number of hydrogen-bond donors (Lipinski definition) is 2. The molecule has 5 saturated carbocycles. The Balaban J connectivity index is 1.22. The lowest BCUT2D eigenvalue weighted by molar-refractivity contribution is -0.149. The van der Waals surface area contributed by atoms with Crippen molar-refractivity contribution in [2.45, 2.75) is 51.4 Å². The maximum absolute atomic E-state index is 12.8. The van der Waals surface area contributed by atoms with E-state index in [1.54, 1.807) is 0 Å². The van der Waals surface area contributed by atoms with Crippen molar-refractivity contribution >= 4 is 11.8 Å². The van der Waals surface area contributed by atoms with Crippen LogP contribution in [0.1, 0.15) is 51.4 Å². The predicted molar refractivity (Wildman–Crippen MR) is 85.7 cm³/mol. The van der Waals surface area contributed by atoms with Crippen LogP contribution >= 0.6 is 0 Å². The normalized spacial score (nSPS) is 48.7. The molecule has 2 amide bonds. The van der Waals surface area contributed by atoms with Crippen LogP contribution in [0.4, 0.5) is 0 Å². The van der Waals surface area contributed by atoms with Crippen LogP contribution in [0.3, 0.4) is 0 Å². The number of allylic oxidation sites excluding steroid dienone is 2. The summed E-state index contributed by atoms with van der Waals surface area (Å²) in [4.78, 5) is 25.2. The smallest absolute Gasteiger partial charge is 0.244 e. The maximum Gasteiger partial charge on any atom is 0.244 e. The second-order valence-electron chi connectivity index (χ2n) is 9.03. The first kappa shape index (κ1) is 14.1. The summed E-state index contributed by atoms with van der Waals surface area (Å²) in [7, 11) is 0. The molecule has 0 aliphatic heterocycles. The molecule has 0 radical (unpaired) electrons. The van der Waals surface area contributed by atoms with Crippen molar-refractivity contribution in [3.8, 4) is 0 Å². The van der Waals surface area contributed by atoms with E-state index in [1.807, 2.05) is 0 Å². The van der Waals surface area contributed by atoms with Gasteiger partial charge in [0, 0.05) is 5.92 Å². The minimum Gasteiger partial charge on any atom is -0.273 e. The first-order chi connectivity index (χ1) is 11.1. The van der Waals surface area contributed by atoms with E-state index in [-0.39, 0.29) is 23.1 Å². The van der Waals surface area contributed by atoms with Crippen LogP contribution in [0.5, 0.6) is 0 Å². The lowest BCUT2D eigenvalue weighted by Gasteiger charge is -2.55. The highest BCUT2D eigenvalue weighted by Gasteiger charge is 2.54. The second kappa shape index (κ2) is 4.84. The van der Waals surface area contributed by atoms with E-state index in [1.165, 1.54) is 19.3 Å². The molecule has 6 rings (SSSR count). The summed E-state index contributed by atoms with van der Waals surface area (Å²) in [5, 5.41) is 0. The summed E-state index contributed by atoms with van der Waals surface area (Å²) in [5.41, 5.74) is 5.39. The summed E-state index contributed by atoms with van der Waals surface area (Å²) in [6.45, 7) is 0. The van der Waals surface area contributed by atoms with Crippen molar-refractivity contribution in [2.75, 3.05) is 0 Å². The molecule has 0 unspecified atom stereocenters. The Morgan fingerprint density at radius 2 is 1.48 bits per heavy atom. The van der Waals surface area contributed by atoms with Crippen molar-refractivity contribution in [1.29, 1.82) is 0 Å². The van der Waals surface area contributed by atoms with E-state index >= 15 is 0 Å². The van der Waals surface area contributed by atoms with Crippen LogP contribution in [0.25, 0.3) is 0 Å². The van der Waals surface area contributed by atoms with Gasteiger partial charge in [0.15, 0.2) is 0 Å². The number of nitrogens with one attached hydrogen (secondary N) is 2. The van der Waals surface area contributed by atoms with Crippen LogP contribution in [0.2, 0.25) is 0 Å². The lowest BCUT2D eigenvalue weighted by atomic mass is 9.49. The zero-order valence-corrected chi connectivity index (χ0v) is 13.6. The molecule has 6 aliphatic carbocycles. The third-order valence-electron chi connectivity index (χ3n) is 7.43. The molecular weight excluding hydrogens is 288 g/mol. The van der Waals surface area contributed by atoms with E-state index in [2.05, 4.69) is 23.0 Å². The molecule has 0 spiro atoms. The molecule has 0 saturated heterocycles. The number of fused-ring (bicyclic) bond motifs is 2. The van der Waals surface area contributed by atoms with Crippen molar-refractivity contribution < 1.29 is 9.59 Å². The quantitative estimate of drug-likeness (QED) is 0.608. The van der Waals surface area contributed by atoms with Crippen molar-refractivity contribution in [1.82, 2.24) is 10.9 Å². The minimum absolute atomic E-state index is 0.0138. The third kappa shape index (κ3) is 2.17. The first-order valence-electron chi connectivity index (χ1n) is 9.40. The average molecular weight is 314 g/mol. The van der Waals surface area contributed by atoms with E-state index in [0.717, 1.165) is 49.9 Å². The Labute approximate surface area is 137 Å². The Kier molecular flexibility index (Phi) is 2.96. The van der Waals surface area contributed by atoms with E-state index in [9.17, 15) is 9.59 Å². The molecule has 2 N–H and O–H groups in total. The van der Waals surface area contributed by atoms with Gasteiger partial charge in [-0.05, 0) is 81.0 Å². The highest BCUT2D eigenvalue weighted by atomic mass is 16.2. The van der Waals surface area contributed by atoms with Gasteiger partial charge in [-0.2, -0.15) is 0 Å². The van der Waals surface area contributed by atoms with Gasteiger partial charge in [0.2, 0.25) is 11.8 Å². The summed E-state index contributed by atoms with van der Waals surface area (Å²) in [5.74, 6) is 3.37. The van der Waals surface area contributed by atoms with E-state index < -0.39 is 0 Å². The predicted octanol–water partition coefficient (Wildman–Crippen LogP) is 2.56. The molecule has 4 heteroatoms. The van der Waals surface area contributed by atoms with Crippen LogP contribution in [0, 0.1) is 40.9 Å². The first-order valence-corrected chi connectivity index (χ1v) is 9.40. The zero-order chi connectivity index (χ0) is 15.6. The standard InChI is InChI=1S/C19H26N2O2/c22-17(16-7-11-1-2-15(16)6-11)20-21-18(23)19-8-12-3-13(9-19)5-14(4-12)10-19/h1-2,11-16H,3-10H2,(H,20,22)(H,21,23)/t11-,12?,13?,14?,15-,16-,19?/m1/s1.